The number of sulfonamides is 1. The van der Waals surface area contributed by atoms with Crippen LogP contribution in [0.5, 0.6) is 11.5 Å². The van der Waals surface area contributed by atoms with Gasteiger partial charge in [-0.2, -0.15) is 4.31 Å². The van der Waals surface area contributed by atoms with E-state index in [0.717, 1.165) is 16.9 Å². The van der Waals surface area contributed by atoms with Crippen molar-refractivity contribution in [2.45, 2.75) is 56.6 Å². The minimum Gasteiger partial charge on any atom is -0.497 e. The van der Waals surface area contributed by atoms with Crippen molar-refractivity contribution in [2.24, 2.45) is 5.92 Å². The van der Waals surface area contributed by atoms with Crippen molar-refractivity contribution >= 4 is 15.9 Å². The van der Waals surface area contributed by atoms with Gasteiger partial charge in [-0.25, -0.2) is 8.42 Å². The van der Waals surface area contributed by atoms with Crippen molar-refractivity contribution in [1.29, 1.82) is 0 Å². The first-order valence-corrected chi connectivity index (χ1v) is 12.8. The van der Waals surface area contributed by atoms with Crippen molar-refractivity contribution in [3.63, 3.8) is 0 Å². The number of carbonyl (C=O) groups excluding carboxylic acids is 1. The van der Waals surface area contributed by atoms with E-state index in [4.69, 9.17) is 9.47 Å². The zero-order chi connectivity index (χ0) is 23.8. The minimum absolute atomic E-state index is 0.129. The Bertz CT molecular complexity index is 1130. The lowest BCUT2D eigenvalue weighted by Crippen LogP contribution is -2.48. The van der Waals surface area contributed by atoms with Gasteiger partial charge in [0.25, 0.3) is 0 Å². The molecule has 0 bridgehead atoms. The summed E-state index contributed by atoms with van der Waals surface area (Å²) in [4.78, 5) is 13.6. The number of nitrogens with zero attached hydrogens (tertiary/aromatic N) is 1. The fourth-order valence-corrected chi connectivity index (χ4v) is 6.14. The molecular weight excluding hydrogens is 440 g/mol. The monoisotopic (exact) mass is 472 g/mol. The van der Waals surface area contributed by atoms with E-state index in [1.165, 1.54) is 4.31 Å². The molecule has 0 radical (unpaired) electrons. The van der Waals surface area contributed by atoms with Crippen LogP contribution in [0, 0.1) is 12.8 Å². The lowest BCUT2D eigenvalue weighted by atomic mass is 9.88. The van der Waals surface area contributed by atoms with Crippen molar-refractivity contribution in [3.05, 3.63) is 53.6 Å². The van der Waals surface area contributed by atoms with E-state index in [9.17, 15) is 13.2 Å². The van der Waals surface area contributed by atoms with Crippen LogP contribution in [0.25, 0.3) is 0 Å². The zero-order valence-corrected chi connectivity index (χ0v) is 20.4. The topological polar surface area (TPSA) is 84.9 Å². The van der Waals surface area contributed by atoms with E-state index in [0.29, 0.717) is 31.6 Å². The average molecular weight is 473 g/mol. The Hall–Kier alpha value is -2.58. The van der Waals surface area contributed by atoms with Gasteiger partial charge < -0.3 is 14.8 Å². The number of hydrogen-bond acceptors (Lipinski definition) is 5. The molecule has 2 aromatic rings. The third-order valence-corrected chi connectivity index (χ3v) is 8.28. The SMILES string of the molecule is COc1ccc2c(c1)[C@H](NC(=O)[C@@H]1CCCN(S(=O)(=O)c3ccc(C)cc3)C1)CC(C)(C)O2. The maximum atomic E-state index is 13.3. The zero-order valence-electron chi connectivity index (χ0n) is 19.6. The van der Waals surface area contributed by atoms with E-state index < -0.39 is 21.5 Å². The van der Waals surface area contributed by atoms with Crippen LogP contribution >= 0.6 is 0 Å². The molecule has 178 valence electrons. The standard InChI is InChI=1S/C25H32N2O5S/c1-17-7-10-20(11-8-17)33(29,30)27-13-5-6-18(16-27)24(28)26-22-15-25(2,3)32-23-12-9-19(31-4)14-21(22)23/h7-12,14,18,22H,5-6,13,15-16H2,1-4H3,(H,26,28)/t18-,22-/m1/s1. The van der Waals surface area contributed by atoms with Gasteiger partial charge in [-0.1, -0.05) is 17.7 Å². The highest BCUT2D eigenvalue weighted by Gasteiger charge is 2.38. The number of fused-ring (bicyclic) bond motifs is 1. The fourth-order valence-electron chi connectivity index (χ4n) is 4.61. The molecular formula is C25H32N2O5S. The molecule has 0 spiro atoms. The summed E-state index contributed by atoms with van der Waals surface area (Å²) in [6.45, 7) is 6.51. The van der Waals surface area contributed by atoms with E-state index in [2.05, 4.69) is 5.32 Å². The molecule has 1 saturated heterocycles. The van der Waals surface area contributed by atoms with Gasteiger partial charge in [0.1, 0.15) is 17.1 Å². The van der Waals surface area contributed by atoms with Gasteiger partial charge in [-0.3, -0.25) is 4.79 Å². The van der Waals surface area contributed by atoms with Gasteiger partial charge in [0.05, 0.1) is 24.0 Å². The number of ether oxygens (including phenoxy) is 2. The number of benzene rings is 2. The number of rotatable bonds is 5. The Morgan fingerprint density at radius 1 is 1.18 bits per heavy atom. The van der Waals surface area contributed by atoms with E-state index in [1.807, 2.05) is 39.0 Å². The van der Waals surface area contributed by atoms with Crippen LogP contribution in [0.2, 0.25) is 0 Å². The average Bonchev–Trinajstić information content (AvgIpc) is 2.78. The second kappa shape index (κ2) is 8.99. The van der Waals surface area contributed by atoms with Crippen LogP contribution < -0.4 is 14.8 Å². The number of methoxy groups -OCH3 is 1. The molecule has 2 heterocycles. The highest BCUT2D eigenvalue weighted by atomic mass is 32.2. The van der Waals surface area contributed by atoms with Crippen molar-refractivity contribution < 1.29 is 22.7 Å². The Morgan fingerprint density at radius 2 is 1.91 bits per heavy atom. The van der Waals surface area contributed by atoms with Crippen molar-refractivity contribution in [3.8, 4) is 11.5 Å². The molecule has 2 atom stereocenters. The second-order valence-electron chi connectivity index (χ2n) is 9.55. The van der Waals surface area contributed by atoms with Crippen LogP contribution in [0.3, 0.4) is 0 Å². The Morgan fingerprint density at radius 3 is 2.61 bits per heavy atom. The first-order chi connectivity index (χ1) is 15.6. The molecule has 0 saturated carbocycles. The minimum atomic E-state index is -3.64. The number of aryl methyl sites for hydroxylation is 1. The summed E-state index contributed by atoms with van der Waals surface area (Å²) in [6.07, 6.45) is 1.91. The normalized spacial score (nSPS) is 22.7. The second-order valence-corrected chi connectivity index (χ2v) is 11.5. The highest BCUT2D eigenvalue weighted by Crippen LogP contribution is 2.41. The van der Waals surface area contributed by atoms with Gasteiger partial charge in [-0.15, -0.1) is 0 Å². The van der Waals surface area contributed by atoms with E-state index in [1.54, 1.807) is 31.4 Å². The number of amides is 1. The molecule has 0 unspecified atom stereocenters. The molecule has 7 nitrogen and oxygen atoms in total. The fraction of sp³-hybridized carbons (Fsp3) is 0.480. The molecule has 8 heteroatoms. The van der Waals surface area contributed by atoms with Gasteiger partial charge >= 0.3 is 0 Å². The molecule has 1 amide bonds. The smallest absolute Gasteiger partial charge is 0.243 e. The van der Waals surface area contributed by atoms with Crippen LogP contribution in [-0.4, -0.2) is 44.4 Å². The van der Waals surface area contributed by atoms with Crippen LogP contribution in [0.1, 0.15) is 50.3 Å². The molecule has 2 aliphatic heterocycles. The van der Waals surface area contributed by atoms with Crippen molar-refractivity contribution in [1.82, 2.24) is 9.62 Å². The summed E-state index contributed by atoms with van der Waals surface area (Å²) in [6, 6.07) is 12.2. The van der Waals surface area contributed by atoms with Gasteiger partial charge in [0, 0.05) is 25.1 Å². The number of hydrogen-bond donors (Lipinski definition) is 1. The first kappa shape index (κ1) is 23.6. The van der Waals surface area contributed by atoms with Crippen molar-refractivity contribution in [2.75, 3.05) is 20.2 Å². The number of carbonyl (C=O) groups is 1. The van der Waals surface area contributed by atoms with Gasteiger partial charge in [-0.05, 0) is 63.9 Å². The first-order valence-electron chi connectivity index (χ1n) is 11.3. The predicted octanol–water partition coefficient (Wildman–Crippen LogP) is 3.82. The lowest BCUT2D eigenvalue weighted by molar-refractivity contribution is -0.127. The van der Waals surface area contributed by atoms with E-state index in [-0.39, 0.29) is 23.4 Å². The molecule has 1 N–H and O–H groups in total. The largest absolute Gasteiger partial charge is 0.497 e. The molecule has 33 heavy (non-hydrogen) atoms. The van der Waals surface area contributed by atoms with Crippen LogP contribution in [0.15, 0.2) is 47.4 Å². The highest BCUT2D eigenvalue weighted by molar-refractivity contribution is 7.89. The molecule has 1 fully saturated rings. The Kier molecular flexibility index (Phi) is 6.42. The van der Waals surface area contributed by atoms with E-state index >= 15 is 0 Å². The van der Waals surface area contributed by atoms with Gasteiger partial charge in [0.15, 0.2) is 0 Å². The Labute approximate surface area is 196 Å². The Balaban J connectivity index is 1.51. The summed E-state index contributed by atoms with van der Waals surface area (Å²) in [7, 11) is -2.03. The third-order valence-electron chi connectivity index (χ3n) is 6.40. The molecule has 0 aliphatic carbocycles. The molecule has 0 aromatic heterocycles. The number of piperidine rings is 1. The maximum Gasteiger partial charge on any atom is 0.243 e. The molecule has 2 aromatic carbocycles. The van der Waals surface area contributed by atoms with Gasteiger partial charge in [0.2, 0.25) is 15.9 Å². The summed E-state index contributed by atoms with van der Waals surface area (Å²) in [5, 5.41) is 3.17. The number of nitrogens with one attached hydrogen (secondary N) is 1. The molecule has 2 aliphatic rings. The van der Waals surface area contributed by atoms with Crippen LogP contribution in [0.4, 0.5) is 0 Å². The van der Waals surface area contributed by atoms with Crippen LogP contribution in [-0.2, 0) is 14.8 Å². The molecule has 4 rings (SSSR count). The predicted molar refractivity (Wildman–Crippen MR) is 126 cm³/mol. The summed E-state index contributed by atoms with van der Waals surface area (Å²) >= 11 is 0. The third kappa shape index (κ3) is 5.01. The lowest BCUT2D eigenvalue weighted by Gasteiger charge is -2.39. The summed E-state index contributed by atoms with van der Waals surface area (Å²) in [5.74, 6) is 0.892. The summed E-state index contributed by atoms with van der Waals surface area (Å²) < 4.78 is 39.2. The summed E-state index contributed by atoms with van der Waals surface area (Å²) in [5.41, 5.74) is 1.44. The quantitative estimate of drug-likeness (QED) is 0.715. The maximum absolute atomic E-state index is 13.3.